The van der Waals surface area contributed by atoms with Gasteiger partial charge in [-0.25, -0.2) is 4.79 Å². The van der Waals surface area contributed by atoms with Gasteiger partial charge in [-0.2, -0.15) is 5.10 Å². The predicted octanol–water partition coefficient (Wildman–Crippen LogP) is -0.285. The summed E-state index contributed by atoms with van der Waals surface area (Å²) in [5, 5.41) is 22.0. The molecule has 0 unspecified atom stereocenters. The molecule has 1 aromatic heterocycles. The first-order valence-electron chi connectivity index (χ1n) is 4.47. The molecule has 1 heterocycles. The van der Waals surface area contributed by atoms with E-state index in [1.54, 1.807) is 0 Å². The molecule has 1 atom stereocenters. The number of hydrogen-bond acceptors (Lipinski definition) is 5. The van der Waals surface area contributed by atoms with Crippen LogP contribution in [0.2, 0.25) is 0 Å². The van der Waals surface area contributed by atoms with Crippen LogP contribution in [0.1, 0.15) is 28.6 Å². The molecule has 16 heavy (non-hydrogen) atoms. The number of aliphatic hydroxyl groups is 1. The molecule has 1 rings (SSSR count). The monoisotopic (exact) mass is 228 g/mol. The smallest absolute Gasteiger partial charge is 0.341 e. The lowest BCUT2D eigenvalue weighted by Gasteiger charge is -2.10. The van der Waals surface area contributed by atoms with Gasteiger partial charge in [0.25, 0.3) is 0 Å². The summed E-state index contributed by atoms with van der Waals surface area (Å²) in [5.41, 5.74) is 0.202. The molecule has 0 aromatic carbocycles. The van der Waals surface area contributed by atoms with Crippen LogP contribution in [0.25, 0.3) is 0 Å². The molecule has 0 radical (unpaired) electrons. The largest absolute Gasteiger partial charge is 0.481 e. The SMILES string of the molecule is COC(=O)c1cnn(C)c1[C@H](O)CC(=O)O. The highest BCUT2D eigenvalue weighted by Gasteiger charge is 2.24. The molecular weight excluding hydrogens is 216 g/mol. The average molecular weight is 228 g/mol. The summed E-state index contributed by atoms with van der Waals surface area (Å²) >= 11 is 0. The number of carboxylic acid groups (broad SMARTS) is 1. The second kappa shape index (κ2) is 4.75. The molecule has 7 nitrogen and oxygen atoms in total. The van der Waals surface area contributed by atoms with Gasteiger partial charge in [-0.05, 0) is 0 Å². The highest BCUT2D eigenvalue weighted by molar-refractivity contribution is 5.90. The second-order valence-corrected chi connectivity index (χ2v) is 3.17. The normalized spacial score (nSPS) is 12.2. The standard InChI is InChI=1S/C9H12N2O5/c1-11-8(6(12)3-7(13)14)5(4-10-11)9(15)16-2/h4,6,12H,3H2,1-2H3,(H,13,14)/t6-/m1/s1. The van der Waals surface area contributed by atoms with E-state index in [1.807, 2.05) is 0 Å². The van der Waals surface area contributed by atoms with Gasteiger partial charge in [0.15, 0.2) is 0 Å². The zero-order valence-electron chi connectivity index (χ0n) is 8.88. The van der Waals surface area contributed by atoms with Crippen molar-refractivity contribution in [3.63, 3.8) is 0 Å². The molecule has 0 spiro atoms. The van der Waals surface area contributed by atoms with Crippen molar-refractivity contribution in [2.45, 2.75) is 12.5 Å². The minimum atomic E-state index is -1.29. The number of aliphatic hydroxyl groups excluding tert-OH is 1. The van der Waals surface area contributed by atoms with E-state index in [-0.39, 0.29) is 11.3 Å². The fraction of sp³-hybridized carbons (Fsp3) is 0.444. The summed E-state index contributed by atoms with van der Waals surface area (Å²) in [6.07, 6.45) is -0.561. The molecule has 7 heteroatoms. The van der Waals surface area contributed by atoms with E-state index in [9.17, 15) is 14.7 Å². The maximum absolute atomic E-state index is 11.3. The minimum absolute atomic E-state index is 0.0683. The third kappa shape index (κ3) is 2.37. The summed E-state index contributed by atoms with van der Waals surface area (Å²) in [7, 11) is 2.70. The van der Waals surface area contributed by atoms with Crippen molar-refractivity contribution in [2.24, 2.45) is 7.05 Å². The van der Waals surface area contributed by atoms with Crippen molar-refractivity contribution < 1.29 is 24.5 Å². The molecule has 2 N–H and O–H groups in total. The lowest BCUT2D eigenvalue weighted by molar-refractivity contribution is -0.139. The zero-order chi connectivity index (χ0) is 12.3. The van der Waals surface area contributed by atoms with Crippen molar-refractivity contribution in [1.82, 2.24) is 9.78 Å². The zero-order valence-corrected chi connectivity index (χ0v) is 8.88. The Morgan fingerprint density at radius 1 is 1.62 bits per heavy atom. The van der Waals surface area contributed by atoms with Crippen molar-refractivity contribution in [3.8, 4) is 0 Å². The molecule has 0 aliphatic heterocycles. The Bertz CT molecular complexity index is 412. The van der Waals surface area contributed by atoms with Gasteiger partial charge in [-0.15, -0.1) is 0 Å². The summed E-state index contributed by atoms with van der Waals surface area (Å²) in [6, 6.07) is 0. The quantitative estimate of drug-likeness (QED) is 0.687. The van der Waals surface area contributed by atoms with E-state index in [1.165, 1.54) is 25.0 Å². The molecule has 0 fully saturated rings. The number of rotatable bonds is 4. The van der Waals surface area contributed by atoms with Gasteiger partial charge in [0, 0.05) is 7.05 Å². The third-order valence-electron chi connectivity index (χ3n) is 2.07. The Hall–Kier alpha value is -1.89. The third-order valence-corrected chi connectivity index (χ3v) is 2.07. The first kappa shape index (κ1) is 12.2. The summed E-state index contributed by atoms with van der Waals surface area (Å²) < 4.78 is 5.74. The van der Waals surface area contributed by atoms with Gasteiger partial charge in [-0.1, -0.05) is 0 Å². The summed E-state index contributed by atoms with van der Waals surface area (Å²) in [6.45, 7) is 0. The first-order chi connectivity index (χ1) is 7.47. The first-order valence-corrected chi connectivity index (χ1v) is 4.47. The van der Waals surface area contributed by atoms with Crippen LogP contribution in [0.4, 0.5) is 0 Å². The topological polar surface area (TPSA) is 102 Å². The summed E-state index contributed by atoms with van der Waals surface area (Å²) in [4.78, 5) is 21.8. The minimum Gasteiger partial charge on any atom is -0.481 e. The van der Waals surface area contributed by atoms with Crippen LogP contribution in [0.15, 0.2) is 6.20 Å². The molecule has 0 saturated heterocycles. The van der Waals surface area contributed by atoms with Gasteiger partial charge >= 0.3 is 11.9 Å². The van der Waals surface area contributed by atoms with E-state index in [4.69, 9.17) is 5.11 Å². The number of carbonyl (C=O) groups excluding carboxylic acids is 1. The van der Waals surface area contributed by atoms with E-state index in [0.29, 0.717) is 0 Å². The van der Waals surface area contributed by atoms with Gasteiger partial charge in [0.2, 0.25) is 0 Å². The number of aryl methyl sites for hydroxylation is 1. The summed E-state index contributed by atoms with van der Waals surface area (Å²) in [5.74, 6) is -1.82. The fourth-order valence-electron chi connectivity index (χ4n) is 1.37. The van der Waals surface area contributed by atoms with Gasteiger partial charge in [0.1, 0.15) is 11.7 Å². The lowest BCUT2D eigenvalue weighted by atomic mass is 10.1. The van der Waals surface area contributed by atoms with E-state index >= 15 is 0 Å². The van der Waals surface area contributed by atoms with Gasteiger partial charge in [-0.3, -0.25) is 9.48 Å². The molecule has 0 saturated carbocycles. The second-order valence-electron chi connectivity index (χ2n) is 3.17. The van der Waals surface area contributed by atoms with E-state index in [0.717, 1.165) is 0 Å². The number of nitrogens with zero attached hydrogens (tertiary/aromatic N) is 2. The lowest BCUT2D eigenvalue weighted by Crippen LogP contribution is -2.14. The maximum atomic E-state index is 11.3. The molecular formula is C9H12N2O5. The number of ether oxygens (including phenoxy) is 1. The Kier molecular flexibility index (Phi) is 3.62. The van der Waals surface area contributed by atoms with Crippen molar-refractivity contribution in [2.75, 3.05) is 7.11 Å². The molecule has 0 bridgehead atoms. The van der Waals surface area contributed by atoms with Crippen molar-refractivity contribution in [3.05, 3.63) is 17.5 Å². The van der Waals surface area contributed by atoms with Crippen LogP contribution in [-0.2, 0) is 16.6 Å². The van der Waals surface area contributed by atoms with Crippen LogP contribution in [0, 0.1) is 0 Å². The molecule has 0 aliphatic rings. The number of carboxylic acids is 1. The Balaban J connectivity index is 3.06. The van der Waals surface area contributed by atoms with Crippen molar-refractivity contribution >= 4 is 11.9 Å². The van der Waals surface area contributed by atoms with Gasteiger partial charge < -0.3 is 14.9 Å². The van der Waals surface area contributed by atoms with Crippen LogP contribution in [-0.4, -0.2) is 39.0 Å². The fourth-order valence-corrected chi connectivity index (χ4v) is 1.37. The number of methoxy groups -OCH3 is 1. The molecule has 0 aliphatic carbocycles. The predicted molar refractivity (Wildman–Crippen MR) is 51.8 cm³/mol. The highest BCUT2D eigenvalue weighted by atomic mass is 16.5. The molecule has 0 amide bonds. The van der Waals surface area contributed by atoms with Crippen LogP contribution < -0.4 is 0 Å². The number of esters is 1. The van der Waals surface area contributed by atoms with Crippen molar-refractivity contribution in [1.29, 1.82) is 0 Å². The Morgan fingerprint density at radius 2 is 2.25 bits per heavy atom. The number of hydrogen-bond donors (Lipinski definition) is 2. The van der Waals surface area contributed by atoms with Gasteiger partial charge in [0.05, 0.1) is 25.4 Å². The Labute approximate surface area is 91.3 Å². The van der Waals surface area contributed by atoms with E-state index in [2.05, 4.69) is 9.84 Å². The maximum Gasteiger partial charge on any atom is 0.341 e. The highest BCUT2D eigenvalue weighted by Crippen LogP contribution is 2.20. The number of aromatic nitrogens is 2. The number of aliphatic carboxylic acids is 1. The molecule has 1 aromatic rings. The number of carbonyl (C=O) groups is 2. The van der Waals surface area contributed by atoms with Crippen LogP contribution in [0.3, 0.4) is 0 Å². The van der Waals surface area contributed by atoms with Crippen LogP contribution in [0.5, 0.6) is 0 Å². The Morgan fingerprint density at radius 3 is 2.75 bits per heavy atom. The average Bonchev–Trinajstić information content (AvgIpc) is 2.58. The van der Waals surface area contributed by atoms with E-state index < -0.39 is 24.5 Å². The van der Waals surface area contributed by atoms with Crippen LogP contribution >= 0.6 is 0 Å². The molecule has 88 valence electrons.